The number of hydrogen-bond acceptors (Lipinski definition) is 4. The van der Waals surface area contributed by atoms with Crippen molar-refractivity contribution in [1.29, 1.82) is 0 Å². The molecule has 0 bridgehead atoms. The topological polar surface area (TPSA) is 90.9 Å². The molecule has 0 aliphatic heterocycles. The number of carboxylic acid groups (broad SMARTS) is 1. The summed E-state index contributed by atoms with van der Waals surface area (Å²) in [5, 5.41) is 13.7. The lowest BCUT2D eigenvalue weighted by molar-refractivity contribution is -0.139. The van der Waals surface area contributed by atoms with Crippen molar-refractivity contribution in [2.45, 2.75) is 12.5 Å². The van der Waals surface area contributed by atoms with E-state index >= 15 is 0 Å². The number of carbonyl (C=O) groups is 2. The normalized spacial score (nSPS) is 11.9. The van der Waals surface area contributed by atoms with E-state index in [0.717, 1.165) is 6.54 Å². The van der Waals surface area contributed by atoms with Crippen LogP contribution in [0.3, 0.4) is 0 Å². The highest BCUT2D eigenvalue weighted by atomic mass is 16.5. The van der Waals surface area contributed by atoms with Crippen molar-refractivity contribution in [1.82, 2.24) is 15.5 Å². The van der Waals surface area contributed by atoms with E-state index in [4.69, 9.17) is 9.84 Å². The second kappa shape index (κ2) is 10.3. The molecule has 1 atom stereocenters. The summed E-state index contributed by atoms with van der Waals surface area (Å²) in [6, 6.07) is -1.47. The predicted octanol–water partition coefficient (Wildman–Crippen LogP) is -0.107. The van der Waals surface area contributed by atoms with Crippen LogP contribution in [0.25, 0.3) is 0 Å². The summed E-state index contributed by atoms with van der Waals surface area (Å²) >= 11 is 0. The van der Waals surface area contributed by atoms with Crippen LogP contribution in [0, 0.1) is 0 Å². The lowest BCUT2D eigenvalue weighted by atomic mass is 10.2. The van der Waals surface area contributed by atoms with Crippen molar-refractivity contribution < 1.29 is 19.4 Å². The third-order valence-corrected chi connectivity index (χ3v) is 2.22. The number of urea groups is 1. The number of hydrogen-bond donors (Lipinski definition) is 3. The minimum Gasteiger partial charge on any atom is -0.480 e. The summed E-state index contributed by atoms with van der Waals surface area (Å²) in [6.45, 7) is 5.56. The summed E-state index contributed by atoms with van der Waals surface area (Å²) < 4.78 is 5.28. The van der Waals surface area contributed by atoms with Gasteiger partial charge in [-0.15, -0.1) is 6.58 Å². The van der Waals surface area contributed by atoms with Crippen LogP contribution in [-0.4, -0.2) is 68.4 Å². The number of nitrogens with zero attached hydrogens (tertiary/aromatic N) is 1. The largest absolute Gasteiger partial charge is 0.480 e. The Bertz CT molecular complexity index is 295. The molecule has 0 aromatic heterocycles. The first-order valence-electron chi connectivity index (χ1n) is 6.08. The molecule has 0 aliphatic carbocycles. The van der Waals surface area contributed by atoms with Gasteiger partial charge in [-0.1, -0.05) is 6.08 Å². The smallest absolute Gasteiger partial charge is 0.326 e. The highest BCUT2D eigenvalue weighted by Gasteiger charge is 2.17. The number of likely N-dealkylation sites (N-methyl/N-ethyl adjacent to an activating group) is 1. The molecule has 0 heterocycles. The van der Waals surface area contributed by atoms with Crippen molar-refractivity contribution >= 4 is 12.0 Å². The molecule has 0 aliphatic rings. The van der Waals surface area contributed by atoms with Crippen LogP contribution in [0.4, 0.5) is 4.79 Å². The Morgan fingerprint density at radius 2 is 2.11 bits per heavy atom. The maximum absolute atomic E-state index is 11.4. The molecule has 2 amide bonds. The van der Waals surface area contributed by atoms with E-state index in [0.29, 0.717) is 19.8 Å². The predicted molar refractivity (Wildman–Crippen MR) is 72.1 cm³/mol. The first kappa shape index (κ1) is 17.4. The monoisotopic (exact) mass is 273 g/mol. The van der Waals surface area contributed by atoms with Gasteiger partial charge in [0.05, 0.1) is 13.2 Å². The van der Waals surface area contributed by atoms with E-state index in [1.54, 1.807) is 0 Å². The van der Waals surface area contributed by atoms with Crippen LogP contribution >= 0.6 is 0 Å². The van der Waals surface area contributed by atoms with Gasteiger partial charge < -0.3 is 25.4 Å². The standard InChI is InChI=1S/C12H23N3O4/c1-4-5-10(11(16)17)14-12(18)13-6-8-19-9-7-15(2)3/h4,10H,1,5-9H2,2-3H3,(H,16,17)(H2,13,14,18). The quantitative estimate of drug-likeness (QED) is 0.382. The Morgan fingerprint density at radius 3 is 2.63 bits per heavy atom. The summed E-state index contributed by atoms with van der Waals surface area (Å²) in [5.74, 6) is -1.09. The van der Waals surface area contributed by atoms with E-state index < -0.39 is 18.0 Å². The van der Waals surface area contributed by atoms with Crippen molar-refractivity contribution in [3.05, 3.63) is 12.7 Å². The Kier molecular flexibility index (Phi) is 9.46. The fourth-order valence-corrected chi connectivity index (χ4v) is 1.18. The van der Waals surface area contributed by atoms with E-state index in [2.05, 4.69) is 17.2 Å². The zero-order chi connectivity index (χ0) is 14.7. The fraction of sp³-hybridized carbons (Fsp3) is 0.667. The van der Waals surface area contributed by atoms with Gasteiger partial charge in [0, 0.05) is 13.1 Å². The third-order valence-electron chi connectivity index (χ3n) is 2.22. The van der Waals surface area contributed by atoms with Crippen molar-refractivity contribution in [3.8, 4) is 0 Å². The van der Waals surface area contributed by atoms with Gasteiger partial charge >= 0.3 is 12.0 Å². The van der Waals surface area contributed by atoms with Gasteiger partial charge in [0.25, 0.3) is 0 Å². The molecule has 0 aromatic carbocycles. The van der Waals surface area contributed by atoms with Crippen LogP contribution in [0.15, 0.2) is 12.7 Å². The van der Waals surface area contributed by atoms with Crippen LogP contribution in [-0.2, 0) is 9.53 Å². The number of ether oxygens (including phenoxy) is 1. The zero-order valence-corrected chi connectivity index (χ0v) is 11.5. The number of carbonyl (C=O) groups excluding carboxylic acids is 1. The molecule has 0 saturated heterocycles. The van der Waals surface area contributed by atoms with Crippen LogP contribution in [0.1, 0.15) is 6.42 Å². The second-order valence-corrected chi connectivity index (χ2v) is 4.23. The molecule has 0 radical (unpaired) electrons. The number of rotatable bonds is 10. The van der Waals surface area contributed by atoms with Gasteiger partial charge in [0.1, 0.15) is 6.04 Å². The number of carboxylic acids is 1. The van der Waals surface area contributed by atoms with Crippen molar-refractivity contribution in [2.75, 3.05) is 40.4 Å². The van der Waals surface area contributed by atoms with Gasteiger partial charge in [0.15, 0.2) is 0 Å². The Hall–Kier alpha value is -1.60. The Labute approximate surface area is 113 Å². The molecule has 0 rings (SSSR count). The second-order valence-electron chi connectivity index (χ2n) is 4.23. The fourth-order valence-electron chi connectivity index (χ4n) is 1.18. The summed E-state index contributed by atoms with van der Waals surface area (Å²) in [6.07, 6.45) is 1.63. The van der Waals surface area contributed by atoms with Gasteiger partial charge in [-0.25, -0.2) is 9.59 Å². The maximum atomic E-state index is 11.4. The molecule has 1 unspecified atom stereocenters. The van der Waals surface area contributed by atoms with E-state index in [1.165, 1.54) is 6.08 Å². The first-order valence-corrected chi connectivity index (χ1v) is 6.08. The van der Waals surface area contributed by atoms with Gasteiger partial charge in [-0.3, -0.25) is 0 Å². The molecule has 19 heavy (non-hydrogen) atoms. The molecule has 0 saturated carbocycles. The minimum atomic E-state index is -1.09. The van der Waals surface area contributed by atoms with E-state index in [9.17, 15) is 9.59 Å². The number of nitrogens with one attached hydrogen (secondary N) is 2. The lowest BCUT2D eigenvalue weighted by Gasteiger charge is -2.14. The Morgan fingerprint density at radius 1 is 1.42 bits per heavy atom. The van der Waals surface area contributed by atoms with Crippen LogP contribution < -0.4 is 10.6 Å². The van der Waals surface area contributed by atoms with E-state index in [1.807, 2.05) is 19.0 Å². The molecule has 0 spiro atoms. The van der Waals surface area contributed by atoms with E-state index in [-0.39, 0.29) is 6.42 Å². The number of aliphatic carboxylic acids is 1. The molecular formula is C12H23N3O4. The maximum Gasteiger partial charge on any atom is 0.326 e. The highest BCUT2D eigenvalue weighted by Crippen LogP contribution is 1.92. The molecule has 0 aromatic rings. The molecule has 7 heteroatoms. The average Bonchev–Trinajstić information content (AvgIpc) is 2.32. The van der Waals surface area contributed by atoms with Crippen molar-refractivity contribution in [3.63, 3.8) is 0 Å². The summed E-state index contributed by atoms with van der Waals surface area (Å²) in [5.41, 5.74) is 0. The van der Waals surface area contributed by atoms with Crippen molar-refractivity contribution in [2.24, 2.45) is 0 Å². The molecule has 3 N–H and O–H groups in total. The first-order chi connectivity index (χ1) is 8.97. The Balaban J connectivity index is 3.68. The lowest BCUT2D eigenvalue weighted by Crippen LogP contribution is -2.46. The SMILES string of the molecule is C=CCC(NC(=O)NCCOCCN(C)C)C(=O)O. The van der Waals surface area contributed by atoms with Crippen LogP contribution in [0.5, 0.6) is 0 Å². The molecule has 7 nitrogen and oxygen atoms in total. The van der Waals surface area contributed by atoms with Gasteiger partial charge in [-0.2, -0.15) is 0 Å². The van der Waals surface area contributed by atoms with Gasteiger partial charge in [0.2, 0.25) is 0 Å². The zero-order valence-electron chi connectivity index (χ0n) is 11.5. The third kappa shape index (κ3) is 10.0. The minimum absolute atomic E-state index is 0.183. The average molecular weight is 273 g/mol. The summed E-state index contributed by atoms with van der Waals surface area (Å²) in [7, 11) is 3.89. The van der Waals surface area contributed by atoms with Gasteiger partial charge in [-0.05, 0) is 20.5 Å². The number of amides is 2. The molecule has 110 valence electrons. The summed E-state index contributed by atoms with van der Waals surface area (Å²) in [4.78, 5) is 24.2. The molecular weight excluding hydrogens is 250 g/mol. The van der Waals surface area contributed by atoms with Crippen LogP contribution in [0.2, 0.25) is 0 Å². The molecule has 0 fully saturated rings. The highest BCUT2D eigenvalue weighted by molar-refractivity contribution is 5.82.